The van der Waals surface area contributed by atoms with Gasteiger partial charge in [0, 0.05) is 29.8 Å². The van der Waals surface area contributed by atoms with E-state index in [2.05, 4.69) is 10.3 Å². The van der Waals surface area contributed by atoms with Crippen LogP contribution in [0, 0.1) is 5.92 Å². The minimum Gasteiger partial charge on any atom is -0.316 e. The summed E-state index contributed by atoms with van der Waals surface area (Å²) in [6.45, 7) is 2.00. The molecule has 3 rings (SSSR count). The Kier molecular flexibility index (Phi) is 3.07. The maximum atomic E-state index is 12.3. The molecule has 1 atom stereocenters. The molecule has 1 aliphatic heterocycles. The summed E-state index contributed by atoms with van der Waals surface area (Å²) < 4.78 is 0. The summed E-state index contributed by atoms with van der Waals surface area (Å²) in [7, 11) is 0. The Hall–Kier alpha value is -1.74. The van der Waals surface area contributed by atoms with Gasteiger partial charge >= 0.3 is 0 Å². The van der Waals surface area contributed by atoms with Crippen molar-refractivity contribution in [3.8, 4) is 0 Å². The summed E-state index contributed by atoms with van der Waals surface area (Å²) in [6, 6.07) is 7.93. The van der Waals surface area contributed by atoms with Crippen molar-refractivity contribution < 1.29 is 4.79 Å². The Balaban J connectivity index is 1.91. The van der Waals surface area contributed by atoms with Crippen molar-refractivity contribution in [3.63, 3.8) is 0 Å². The van der Waals surface area contributed by atoms with Crippen LogP contribution in [-0.2, 0) is 0 Å². The third-order valence-electron chi connectivity index (χ3n) is 3.61. The molecule has 1 aliphatic rings. The lowest BCUT2D eigenvalue weighted by atomic mass is 9.96. The van der Waals surface area contributed by atoms with Gasteiger partial charge in [-0.25, -0.2) is 0 Å². The zero-order chi connectivity index (χ0) is 12.4. The van der Waals surface area contributed by atoms with Gasteiger partial charge in [0.2, 0.25) is 0 Å². The highest BCUT2D eigenvalue weighted by Crippen LogP contribution is 2.21. The third-order valence-corrected chi connectivity index (χ3v) is 3.61. The van der Waals surface area contributed by atoms with E-state index in [9.17, 15) is 4.79 Å². The molecular formula is C15H16N2O. The molecule has 0 saturated carbocycles. The first-order chi connectivity index (χ1) is 8.84. The first kappa shape index (κ1) is 11.4. The summed E-state index contributed by atoms with van der Waals surface area (Å²) in [5.41, 5.74) is 0.764. The Bertz CT molecular complexity index is 568. The van der Waals surface area contributed by atoms with E-state index in [1.165, 1.54) is 0 Å². The predicted molar refractivity (Wildman–Crippen MR) is 71.7 cm³/mol. The second kappa shape index (κ2) is 4.86. The molecule has 0 aliphatic carbocycles. The van der Waals surface area contributed by atoms with E-state index in [4.69, 9.17) is 0 Å². The number of fused-ring (bicyclic) bond motifs is 1. The average Bonchev–Trinajstić information content (AvgIpc) is 2.91. The van der Waals surface area contributed by atoms with Crippen LogP contribution in [0.5, 0.6) is 0 Å². The summed E-state index contributed by atoms with van der Waals surface area (Å²) in [6.07, 6.45) is 5.24. The van der Waals surface area contributed by atoms with Crippen LogP contribution in [0.4, 0.5) is 0 Å². The quantitative estimate of drug-likeness (QED) is 0.838. The molecule has 3 heteroatoms. The van der Waals surface area contributed by atoms with E-state index in [0.29, 0.717) is 12.3 Å². The minimum absolute atomic E-state index is 0.216. The van der Waals surface area contributed by atoms with Crippen molar-refractivity contribution in [3.05, 3.63) is 42.2 Å². The normalized spacial score (nSPS) is 19.2. The molecule has 1 N–H and O–H groups in total. The van der Waals surface area contributed by atoms with Gasteiger partial charge in [-0.3, -0.25) is 9.78 Å². The molecule has 1 saturated heterocycles. The molecule has 3 nitrogen and oxygen atoms in total. The number of rotatable bonds is 3. The van der Waals surface area contributed by atoms with E-state index in [0.717, 1.165) is 35.8 Å². The van der Waals surface area contributed by atoms with Crippen molar-refractivity contribution in [2.45, 2.75) is 12.8 Å². The maximum absolute atomic E-state index is 12.3. The number of nitrogens with one attached hydrogen (secondary N) is 1. The zero-order valence-electron chi connectivity index (χ0n) is 10.2. The van der Waals surface area contributed by atoms with Gasteiger partial charge in [-0.1, -0.05) is 24.3 Å². The largest absolute Gasteiger partial charge is 0.316 e. The van der Waals surface area contributed by atoms with Crippen molar-refractivity contribution in [1.82, 2.24) is 10.3 Å². The van der Waals surface area contributed by atoms with Gasteiger partial charge < -0.3 is 5.32 Å². The highest BCUT2D eigenvalue weighted by atomic mass is 16.1. The zero-order valence-corrected chi connectivity index (χ0v) is 10.2. The summed E-state index contributed by atoms with van der Waals surface area (Å²) in [5, 5.41) is 5.35. The van der Waals surface area contributed by atoms with E-state index < -0.39 is 0 Å². The topological polar surface area (TPSA) is 42.0 Å². The smallest absolute Gasteiger partial charge is 0.165 e. The molecule has 1 aromatic heterocycles. The van der Waals surface area contributed by atoms with Crippen LogP contribution in [-0.4, -0.2) is 23.9 Å². The molecule has 0 amide bonds. The van der Waals surface area contributed by atoms with Gasteiger partial charge in [0.05, 0.1) is 0 Å². The van der Waals surface area contributed by atoms with Crippen LogP contribution in [0.3, 0.4) is 0 Å². The molecule has 0 bridgehead atoms. The Morgan fingerprint density at radius 1 is 1.33 bits per heavy atom. The van der Waals surface area contributed by atoms with Gasteiger partial charge in [0.1, 0.15) is 0 Å². The third kappa shape index (κ3) is 2.14. The molecule has 1 unspecified atom stereocenters. The molecule has 2 aromatic rings. The maximum Gasteiger partial charge on any atom is 0.165 e. The molecule has 0 radical (unpaired) electrons. The lowest BCUT2D eigenvalue weighted by molar-refractivity contribution is 0.0966. The lowest BCUT2D eigenvalue weighted by Gasteiger charge is -2.08. The lowest BCUT2D eigenvalue weighted by Crippen LogP contribution is -2.13. The van der Waals surface area contributed by atoms with Crippen LogP contribution >= 0.6 is 0 Å². The van der Waals surface area contributed by atoms with Crippen molar-refractivity contribution >= 4 is 16.6 Å². The van der Waals surface area contributed by atoms with Crippen LogP contribution < -0.4 is 5.32 Å². The first-order valence-corrected chi connectivity index (χ1v) is 6.41. The highest BCUT2D eigenvalue weighted by Gasteiger charge is 2.20. The first-order valence-electron chi connectivity index (χ1n) is 6.41. The molecule has 1 aromatic carbocycles. The van der Waals surface area contributed by atoms with Crippen LogP contribution in [0.15, 0.2) is 36.7 Å². The van der Waals surface area contributed by atoms with Crippen molar-refractivity contribution in [2.75, 3.05) is 13.1 Å². The fraction of sp³-hybridized carbons (Fsp3) is 0.333. The van der Waals surface area contributed by atoms with Crippen LogP contribution in [0.25, 0.3) is 10.8 Å². The summed E-state index contributed by atoms with van der Waals surface area (Å²) in [4.78, 5) is 16.5. The number of Topliss-reactive ketones (excluding diaryl/α,β-unsaturated/α-hetero) is 1. The molecule has 92 valence electrons. The molecule has 1 fully saturated rings. The number of carbonyl (C=O) groups is 1. The SMILES string of the molecule is O=C(CC1CCNC1)c1cncc2ccccc12. The van der Waals surface area contributed by atoms with Crippen LogP contribution in [0.2, 0.25) is 0 Å². The number of hydrogen-bond donors (Lipinski definition) is 1. The van der Waals surface area contributed by atoms with Gasteiger partial charge in [-0.05, 0) is 30.8 Å². The summed E-state index contributed by atoms with van der Waals surface area (Å²) >= 11 is 0. The number of carbonyl (C=O) groups excluding carboxylic acids is 1. The second-order valence-electron chi connectivity index (χ2n) is 4.89. The fourth-order valence-corrected chi connectivity index (χ4v) is 2.60. The van der Waals surface area contributed by atoms with E-state index in [-0.39, 0.29) is 5.78 Å². The highest BCUT2D eigenvalue weighted by molar-refractivity contribution is 6.07. The Morgan fingerprint density at radius 2 is 2.22 bits per heavy atom. The molecule has 0 spiro atoms. The number of nitrogens with zero attached hydrogens (tertiary/aromatic N) is 1. The van der Waals surface area contributed by atoms with E-state index in [1.54, 1.807) is 6.20 Å². The van der Waals surface area contributed by atoms with Crippen molar-refractivity contribution in [2.24, 2.45) is 5.92 Å². The van der Waals surface area contributed by atoms with Gasteiger partial charge in [-0.2, -0.15) is 0 Å². The number of hydrogen-bond acceptors (Lipinski definition) is 3. The van der Waals surface area contributed by atoms with Gasteiger partial charge in [0.25, 0.3) is 0 Å². The predicted octanol–water partition coefficient (Wildman–Crippen LogP) is 2.42. The number of benzene rings is 1. The Labute approximate surface area is 106 Å². The van der Waals surface area contributed by atoms with E-state index in [1.807, 2.05) is 30.5 Å². The monoisotopic (exact) mass is 240 g/mol. The number of ketones is 1. The van der Waals surface area contributed by atoms with Crippen molar-refractivity contribution in [1.29, 1.82) is 0 Å². The fourth-order valence-electron chi connectivity index (χ4n) is 2.60. The van der Waals surface area contributed by atoms with Gasteiger partial charge in [0.15, 0.2) is 5.78 Å². The Morgan fingerprint density at radius 3 is 3.06 bits per heavy atom. The minimum atomic E-state index is 0.216. The standard InChI is InChI=1S/C15H16N2O/c18-15(7-11-5-6-16-8-11)14-10-17-9-12-3-1-2-4-13(12)14/h1-4,9-11,16H,5-8H2. The average molecular weight is 240 g/mol. The van der Waals surface area contributed by atoms with Crippen LogP contribution in [0.1, 0.15) is 23.2 Å². The molecule has 2 heterocycles. The second-order valence-corrected chi connectivity index (χ2v) is 4.89. The van der Waals surface area contributed by atoms with Gasteiger partial charge in [-0.15, -0.1) is 0 Å². The van der Waals surface area contributed by atoms with E-state index >= 15 is 0 Å². The molecular weight excluding hydrogens is 224 g/mol. The number of aromatic nitrogens is 1. The summed E-state index contributed by atoms with van der Waals surface area (Å²) in [5.74, 6) is 0.699. The number of pyridine rings is 1. The molecule has 18 heavy (non-hydrogen) atoms.